The lowest BCUT2D eigenvalue weighted by Crippen LogP contribution is -2.32. The van der Waals surface area contributed by atoms with Gasteiger partial charge in [-0.1, -0.05) is 12.1 Å². The molecule has 1 aliphatic heterocycles. The van der Waals surface area contributed by atoms with Crippen LogP contribution in [0, 0.1) is 0 Å². The minimum atomic E-state index is 0.0150. The molecular formula is C14H17N3O. The number of urea groups is 1. The molecule has 0 saturated carbocycles. The van der Waals surface area contributed by atoms with Gasteiger partial charge in [0, 0.05) is 31.7 Å². The second-order valence-electron chi connectivity index (χ2n) is 4.79. The number of carbonyl (C=O) groups is 1. The molecule has 2 heterocycles. The second-order valence-corrected chi connectivity index (χ2v) is 4.79. The third-order valence-corrected chi connectivity index (χ3v) is 3.53. The summed E-state index contributed by atoms with van der Waals surface area (Å²) < 4.78 is 2.04. The number of nitrogens with zero attached hydrogens (tertiary/aromatic N) is 2. The maximum absolute atomic E-state index is 12.1. The number of hydrogen-bond donors (Lipinski definition) is 1. The number of fused-ring (bicyclic) bond motifs is 1. The van der Waals surface area contributed by atoms with Crippen molar-refractivity contribution in [1.29, 1.82) is 0 Å². The van der Waals surface area contributed by atoms with Crippen LogP contribution in [0.2, 0.25) is 0 Å². The number of likely N-dealkylation sites (tertiary alicyclic amines) is 1. The summed E-state index contributed by atoms with van der Waals surface area (Å²) in [6, 6.07) is 8.06. The van der Waals surface area contributed by atoms with Crippen LogP contribution >= 0.6 is 0 Å². The van der Waals surface area contributed by atoms with Crippen LogP contribution in [0.3, 0.4) is 0 Å². The molecule has 1 saturated heterocycles. The number of amides is 2. The quantitative estimate of drug-likeness (QED) is 0.821. The maximum Gasteiger partial charge on any atom is 0.321 e. The molecule has 1 fully saturated rings. The van der Waals surface area contributed by atoms with Crippen molar-refractivity contribution in [3.05, 3.63) is 30.5 Å². The number of aryl methyl sites for hydroxylation is 1. The SMILES string of the molecule is Cn1ccc2cccc(NC(=O)N3CCCC3)c21. The zero-order chi connectivity index (χ0) is 12.5. The molecule has 18 heavy (non-hydrogen) atoms. The molecule has 1 aliphatic rings. The zero-order valence-corrected chi connectivity index (χ0v) is 10.5. The predicted molar refractivity (Wildman–Crippen MR) is 72.7 cm³/mol. The van der Waals surface area contributed by atoms with Crippen LogP contribution in [0.5, 0.6) is 0 Å². The van der Waals surface area contributed by atoms with Crippen molar-refractivity contribution in [3.63, 3.8) is 0 Å². The Hall–Kier alpha value is -1.97. The normalized spacial score (nSPS) is 15.3. The van der Waals surface area contributed by atoms with E-state index in [4.69, 9.17) is 0 Å². The van der Waals surface area contributed by atoms with Crippen LogP contribution in [0.4, 0.5) is 10.5 Å². The monoisotopic (exact) mass is 243 g/mol. The molecule has 1 N–H and O–H groups in total. The average Bonchev–Trinajstić information content (AvgIpc) is 3.00. The first-order valence-electron chi connectivity index (χ1n) is 6.36. The van der Waals surface area contributed by atoms with E-state index in [1.54, 1.807) is 0 Å². The number of aromatic nitrogens is 1. The lowest BCUT2D eigenvalue weighted by molar-refractivity contribution is 0.222. The molecule has 0 unspecified atom stereocenters. The molecule has 4 nitrogen and oxygen atoms in total. The van der Waals surface area contributed by atoms with Crippen molar-refractivity contribution >= 4 is 22.6 Å². The Bertz CT molecular complexity index is 582. The molecule has 2 aromatic rings. The Balaban J connectivity index is 1.90. The smallest absolute Gasteiger partial charge is 0.321 e. The van der Waals surface area contributed by atoms with E-state index in [1.165, 1.54) is 0 Å². The van der Waals surface area contributed by atoms with E-state index in [2.05, 4.69) is 17.4 Å². The van der Waals surface area contributed by atoms with Crippen molar-refractivity contribution in [2.75, 3.05) is 18.4 Å². The van der Waals surface area contributed by atoms with E-state index in [0.29, 0.717) is 0 Å². The molecule has 1 aromatic heterocycles. The molecule has 0 radical (unpaired) electrons. The van der Waals surface area contributed by atoms with Gasteiger partial charge in [-0.3, -0.25) is 0 Å². The minimum absolute atomic E-state index is 0.0150. The van der Waals surface area contributed by atoms with Gasteiger partial charge < -0.3 is 14.8 Å². The highest BCUT2D eigenvalue weighted by Gasteiger charge is 2.18. The average molecular weight is 243 g/mol. The number of nitrogens with one attached hydrogen (secondary N) is 1. The highest BCUT2D eigenvalue weighted by molar-refractivity contribution is 6.00. The fourth-order valence-corrected chi connectivity index (χ4v) is 2.57. The molecule has 0 bridgehead atoms. The van der Waals surface area contributed by atoms with Crippen molar-refractivity contribution in [1.82, 2.24) is 9.47 Å². The summed E-state index contributed by atoms with van der Waals surface area (Å²) in [5, 5.41) is 4.17. The van der Waals surface area contributed by atoms with Crippen LogP contribution in [0.25, 0.3) is 10.9 Å². The minimum Gasteiger partial charge on any atom is -0.349 e. The fraction of sp³-hybridized carbons (Fsp3) is 0.357. The molecule has 0 aliphatic carbocycles. The number of rotatable bonds is 1. The largest absolute Gasteiger partial charge is 0.349 e. The van der Waals surface area contributed by atoms with Gasteiger partial charge in [0.15, 0.2) is 0 Å². The third kappa shape index (κ3) is 1.83. The molecule has 2 amide bonds. The van der Waals surface area contributed by atoms with Gasteiger partial charge in [0.1, 0.15) is 0 Å². The van der Waals surface area contributed by atoms with Crippen LogP contribution in [-0.2, 0) is 7.05 Å². The Morgan fingerprint density at radius 2 is 2.00 bits per heavy atom. The highest BCUT2D eigenvalue weighted by Crippen LogP contribution is 2.24. The Labute approximate surface area is 106 Å². The summed E-state index contributed by atoms with van der Waals surface area (Å²) in [6.45, 7) is 1.74. The van der Waals surface area contributed by atoms with Gasteiger partial charge >= 0.3 is 6.03 Å². The number of hydrogen-bond acceptors (Lipinski definition) is 1. The number of carbonyl (C=O) groups excluding carboxylic acids is 1. The van der Waals surface area contributed by atoms with Gasteiger partial charge in [0.05, 0.1) is 11.2 Å². The fourth-order valence-electron chi connectivity index (χ4n) is 2.57. The van der Waals surface area contributed by atoms with Gasteiger partial charge in [-0.25, -0.2) is 4.79 Å². The maximum atomic E-state index is 12.1. The zero-order valence-electron chi connectivity index (χ0n) is 10.5. The van der Waals surface area contributed by atoms with Crippen LogP contribution in [-0.4, -0.2) is 28.6 Å². The van der Waals surface area contributed by atoms with Crippen molar-refractivity contribution in [3.8, 4) is 0 Å². The molecule has 0 atom stereocenters. The van der Waals surface area contributed by atoms with Crippen molar-refractivity contribution < 1.29 is 4.79 Å². The summed E-state index contributed by atoms with van der Waals surface area (Å²) in [4.78, 5) is 14.0. The van der Waals surface area contributed by atoms with E-state index in [1.807, 2.05) is 34.8 Å². The van der Waals surface area contributed by atoms with Gasteiger partial charge in [0.2, 0.25) is 0 Å². The van der Waals surface area contributed by atoms with E-state index in [0.717, 1.165) is 42.5 Å². The van der Waals surface area contributed by atoms with Gasteiger partial charge in [-0.05, 0) is 25.0 Å². The van der Waals surface area contributed by atoms with E-state index < -0.39 is 0 Å². The predicted octanol–water partition coefficient (Wildman–Crippen LogP) is 2.81. The number of para-hydroxylation sites is 1. The first-order valence-corrected chi connectivity index (χ1v) is 6.36. The molecule has 1 aromatic carbocycles. The second kappa shape index (κ2) is 4.37. The van der Waals surface area contributed by atoms with Crippen LogP contribution in [0.15, 0.2) is 30.5 Å². The number of anilines is 1. The third-order valence-electron chi connectivity index (χ3n) is 3.53. The molecular weight excluding hydrogens is 226 g/mol. The first kappa shape index (κ1) is 11.1. The molecule has 0 spiro atoms. The number of benzene rings is 1. The summed E-state index contributed by atoms with van der Waals surface area (Å²) in [5.74, 6) is 0. The Kier molecular flexibility index (Phi) is 2.70. The molecule has 4 heteroatoms. The van der Waals surface area contributed by atoms with Gasteiger partial charge in [-0.15, -0.1) is 0 Å². The first-order chi connectivity index (χ1) is 8.75. The highest BCUT2D eigenvalue weighted by atomic mass is 16.2. The lowest BCUT2D eigenvalue weighted by atomic mass is 10.2. The van der Waals surface area contributed by atoms with Crippen molar-refractivity contribution in [2.45, 2.75) is 12.8 Å². The van der Waals surface area contributed by atoms with Crippen LogP contribution < -0.4 is 5.32 Å². The topological polar surface area (TPSA) is 37.3 Å². The van der Waals surface area contributed by atoms with Gasteiger partial charge in [-0.2, -0.15) is 0 Å². The Morgan fingerprint density at radius 1 is 1.22 bits per heavy atom. The van der Waals surface area contributed by atoms with E-state index in [9.17, 15) is 4.79 Å². The van der Waals surface area contributed by atoms with E-state index >= 15 is 0 Å². The lowest BCUT2D eigenvalue weighted by Gasteiger charge is -2.17. The summed E-state index contributed by atoms with van der Waals surface area (Å²) in [7, 11) is 1.99. The Morgan fingerprint density at radius 3 is 2.78 bits per heavy atom. The van der Waals surface area contributed by atoms with Crippen LogP contribution in [0.1, 0.15) is 12.8 Å². The molecule has 3 rings (SSSR count). The van der Waals surface area contributed by atoms with E-state index in [-0.39, 0.29) is 6.03 Å². The standard InChI is InChI=1S/C14H17N3O/c1-16-10-7-11-5-4-6-12(13(11)16)15-14(18)17-8-2-3-9-17/h4-7,10H,2-3,8-9H2,1H3,(H,15,18). The summed E-state index contributed by atoms with van der Waals surface area (Å²) in [6.07, 6.45) is 4.24. The van der Waals surface area contributed by atoms with Crippen molar-refractivity contribution in [2.24, 2.45) is 7.05 Å². The summed E-state index contributed by atoms with van der Waals surface area (Å²) >= 11 is 0. The molecule has 94 valence electrons. The van der Waals surface area contributed by atoms with Gasteiger partial charge in [0.25, 0.3) is 0 Å². The summed E-state index contributed by atoms with van der Waals surface area (Å²) in [5.41, 5.74) is 1.96.